The fourth-order valence-electron chi connectivity index (χ4n) is 3.22. The molecule has 1 atom stereocenters. The lowest BCUT2D eigenvalue weighted by Crippen LogP contribution is -2.49. The quantitative estimate of drug-likeness (QED) is 0.629. The minimum absolute atomic E-state index is 0.147. The second-order valence-electron chi connectivity index (χ2n) is 6.04. The van der Waals surface area contributed by atoms with Crippen molar-refractivity contribution < 1.29 is 19.1 Å². The summed E-state index contributed by atoms with van der Waals surface area (Å²) in [6.07, 6.45) is 5.22. The highest BCUT2D eigenvalue weighted by Crippen LogP contribution is 2.21. The number of carbonyl (C=O) groups excluding carboxylic acids is 2. The first-order chi connectivity index (χ1) is 10.7. The Hall–Kier alpha value is -1.14. The Morgan fingerprint density at radius 3 is 2.77 bits per heavy atom. The van der Waals surface area contributed by atoms with E-state index in [4.69, 9.17) is 9.47 Å². The lowest BCUT2D eigenvalue weighted by Gasteiger charge is -2.38. The maximum atomic E-state index is 12.4. The zero-order chi connectivity index (χ0) is 15.8. The molecule has 6 nitrogen and oxygen atoms in total. The van der Waals surface area contributed by atoms with Gasteiger partial charge in [0.05, 0.1) is 26.2 Å². The molecule has 2 fully saturated rings. The Bertz CT molecular complexity index is 375. The first kappa shape index (κ1) is 17.2. The molecule has 0 radical (unpaired) electrons. The summed E-state index contributed by atoms with van der Waals surface area (Å²) in [5.41, 5.74) is 0. The molecule has 6 heteroatoms. The summed E-state index contributed by atoms with van der Waals surface area (Å²) >= 11 is 0. The van der Waals surface area contributed by atoms with Gasteiger partial charge in [-0.1, -0.05) is 0 Å². The number of hydrogen-bond acceptors (Lipinski definition) is 4. The van der Waals surface area contributed by atoms with Gasteiger partial charge in [0.25, 0.3) is 0 Å². The second kappa shape index (κ2) is 9.10. The third-order valence-corrected chi connectivity index (χ3v) is 4.44. The van der Waals surface area contributed by atoms with Crippen molar-refractivity contribution >= 4 is 11.8 Å². The smallest absolute Gasteiger partial charge is 0.225 e. The lowest BCUT2D eigenvalue weighted by molar-refractivity contribution is -0.138. The number of ether oxygens (including phenoxy) is 2. The van der Waals surface area contributed by atoms with Crippen LogP contribution in [-0.2, 0) is 19.1 Å². The molecule has 1 unspecified atom stereocenters. The van der Waals surface area contributed by atoms with Crippen LogP contribution in [0.1, 0.15) is 38.5 Å². The van der Waals surface area contributed by atoms with Crippen molar-refractivity contribution in [2.24, 2.45) is 0 Å². The van der Waals surface area contributed by atoms with Crippen molar-refractivity contribution in [1.29, 1.82) is 0 Å². The van der Waals surface area contributed by atoms with Crippen LogP contribution >= 0.6 is 0 Å². The molecule has 2 saturated heterocycles. The molecule has 0 N–H and O–H groups in total. The van der Waals surface area contributed by atoms with Gasteiger partial charge < -0.3 is 19.3 Å². The Labute approximate surface area is 132 Å². The van der Waals surface area contributed by atoms with Crippen LogP contribution in [0.3, 0.4) is 0 Å². The molecule has 126 valence electrons. The monoisotopic (exact) mass is 312 g/mol. The van der Waals surface area contributed by atoms with E-state index in [1.807, 2.05) is 9.80 Å². The summed E-state index contributed by atoms with van der Waals surface area (Å²) in [6.45, 7) is 3.87. The van der Waals surface area contributed by atoms with Crippen molar-refractivity contribution in [3.8, 4) is 0 Å². The van der Waals surface area contributed by atoms with Crippen molar-refractivity contribution in [3.63, 3.8) is 0 Å². The summed E-state index contributed by atoms with van der Waals surface area (Å²) in [5.74, 6) is 0.384. The number of carbonyl (C=O) groups is 2. The van der Waals surface area contributed by atoms with Gasteiger partial charge in [-0.2, -0.15) is 0 Å². The first-order valence-electron chi connectivity index (χ1n) is 8.36. The Morgan fingerprint density at radius 2 is 2.05 bits per heavy atom. The Morgan fingerprint density at radius 1 is 1.18 bits per heavy atom. The SMILES string of the molecule is COCCOCCC(=O)N1CCCCC1CN1CCCC1=O. The maximum Gasteiger partial charge on any atom is 0.225 e. The molecule has 0 bridgehead atoms. The fraction of sp³-hybridized carbons (Fsp3) is 0.875. The molecule has 2 heterocycles. The summed E-state index contributed by atoms with van der Waals surface area (Å²) < 4.78 is 10.3. The molecule has 0 aromatic heterocycles. The summed E-state index contributed by atoms with van der Waals surface area (Å²) in [4.78, 5) is 28.1. The Balaban J connectivity index is 1.78. The predicted molar refractivity (Wildman–Crippen MR) is 82.5 cm³/mol. The number of methoxy groups -OCH3 is 1. The number of amides is 2. The lowest BCUT2D eigenvalue weighted by atomic mass is 10.0. The van der Waals surface area contributed by atoms with Crippen LogP contribution in [0.25, 0.3) is 0 Å². The van der Waals surface area contributed by atoms with E-state index in [1.165, 1.54) is 0 Å². The zero-order valence-electron chi connectivity index (χ0n) is 13.6. The van der Waals surface area contributed by atoms with Crippen LogP contribution in [0.4, 0.5) is 0 Å². The minimum atomic E-state index is 0.147. The number of rotatable bonds is 8. The van der Waals surface area contributed by atoms with Crippen LogP contribution in [-0.4, -0.2) is 74.2 Å². The van der Waals surface area contributed by atoms with Gasteiger partial charge in [0.15, 0.2) is 0 Å². The largest absolute Gasteiger partial charge is 0.382 e. The maximum absolute atomic E-state index is 12.4. The van der Waals surface area contributed by atoms with E-state index in [2.05, 4.69) is 0 Å². The van der Waals surface area contributed by atoms with Crippen LogP contribution in [0.2, 0.25) is 0 Å². The molecule has 22 heavy (non-hydrogen) atoms. The summed E-state index contributed by atoms with van der Waals surface area (Å²) in [7, 11) is 1.63. The molecule has 0 aromatic carbocycles. The molecular weight excluding hydrogens is 284 g/mol. The van der Waals surface area contributed by atoms with E-state index in [1.54, 1.807) is 7.11 Å². The summed E-state index contributed by atoms with van der Waals surface area (Å²) in [6, 6.07) is 0.183. The standard InChI is InChI=1S/C16H28N2O4/c1-21-11-12-22-10-7-16(20)18-9-3-2-5-14(18)13-17-8-4-6-15(17)19/h14H,2-13H2,1H3. The number of piperidine rings is 1. The minimum Gasteiger partial charge on any atom is -0.382 e. The van der Waals surface area contributed by atoms with Gasteiger partial charge in [0.1, 0.15) is 0 Å². The predicted octanol–water partition coefficient (Wildman–Crippen LogP) is 1.04. The average Bonchev–Trinajstić information content (AvgIpc) is 2.92. The van der Waals surface area contributed by atoms with Crippen LogP contribution in [0.5, 0.6) is 0 Å². The molecule has 2 amide bonds. The van der Waals surface area contributed by atoms with Gasteiger partial charge in [-0.25, -0.2) is 0 Å². The molecule has 0 spiro atoms. The average molecular weight is 312 g/mol. The van der Waals surface area contributed by atoms with Crippen LogP contribution < -0.4 is 0 Å². The molecule has 2 aliphatic heterocycles. The van der Waals surface area contributed by atoms with E-state index in [0.29, 0.717) is 39.2 Å². The molecular formula is C16H28N2O4. The van der Waals surface area contributed by atoms with E-state index >= 15 is 0 Å². The van der Waals surface area contributed by atoms with Gasteiger partial charge >= 0.3 is 0 Å². The molecule has 0 saturated carbocycles. The highest BCUT2D eigenvalue weighted by atomic mass is 16.5. The normalized spacial score (nSPS) is 22.4. The number of likely N-dealkylation sites (tertiary alicyclic amines) is 2. The third kappa shape index (κ3) is 4.95. The summed E-state index contributed by atoms with van der Waals surface area (Å²) in [5, 5.41) is 0. The van der Waals surface area contributed by atoms with E-state index < -0.39 is 0 Å². The van der Waals surface area contributed by atoms with Crippen molar-refractivity contribution in [1.82, 2.24) is 9.80 Å². The zero-order valence-corrected chi connectivity index (χ0v) is 13.6. The van der Waals surface area contributed by atoms with E-state index in [-0.39, 0.29) is 17.9 Å². The first-order valence-corrected chi connectivity index (χ1v) is 8.36. The van der Waals surface area contributed by atoms with Gasteiger partial charge in [0.2, 0.25) is 11.8 Å². The van der Waals surface area contributed by atoms with Gasteiger partial charge in [0, 0.05) is 39.2 Å². The second-order valence-corrected chi connectivity index (χ2v) is 6.04. The highest BCUT2D eigenvalue weighted by molar-refractivity contribution is 5.79. The van der Waals surface area contributed by atoms with Crippen molar-refractivity contribution in [2.45, 2.75) is 44.6 Å². The van der Waals surface area contributed by atoms with E-state index in [0.717, 1.165) is 38.8 Å². The van der Waals surface area contributed by atoms with Crippen molar-refractivity contribution in [2.75, 3.05) is 46.6 Å². The van der Waals surface area contributed by atoms with Crippen LogP contribution in [0.15, 0.2) is 0 Å². The van der Waals surface area contributed by atoms with E-state index in [9.17, 15) is 9.59 Å². The van der Waals surface area contributed by atoms with Gasteiger partial charge in [-0.05, 0) is 25.7 Å². The molecule has 2 aliphatic rings. The third-order valence-electron chi connectivity index (χ3n) is 4.44. The topological polar surface area (TPSA) is 59.1 Å². The molecule has 0 aromatic rings. The van der Waals surface area contributed by atoms with Crippen molar-refractivity contribution in [3.05, 3.63) is 0 Å². The van der Waals surface area contributed by atoms with Gasteiger partial charge in [-0.3, -0.25) is 9.59 Å². The van der Waals surface area contributed by atoms with Crippen LogP contribution in [0, 0.1) is 0 Å². The molecule has 2 rings (SSSR count). The number of hydrogen-bond donors (Lipinski definition) is 0. The molecule has 0 aliphatic carbocycles. The highest BCUT2D eigenvalue weighted by Gasteiger charge is 2.30. The Kier molecular flexibility index (Phi) is 7.12. The number of nitrogens with zero attached hydrogens (tertiary/aromatic N) is 2. The van der Waals surface area contributed by atoms with Gasteiger partial charge in [-0.15, -0.1) is 0 Å². The fourth-order valence-corrected chi connectivity index (χ4v) is 3.22.